The van der Waals surface area contributed by atoms with Gasteiger partial charge >= 0.3 is 0 Å². The Balaban J connectivity index is 1.91. The molecule has 112 valence electrons. The Morgan fingerprint density at radius 3 is 2.60 bits per heavy atom. The van der Waals surface area contributed by atoms with Crippen LogP contribution in [0.25, 0.3) is 0 Å². The number of nitrogens with zero attached hydrogens (tertiary/aromatic N) is 1. The van der Waals surface area contributed by atoms with Gasteiger partial charge in [0.2, 0.25) is 0 Å². The highest BCUT2D eigenvalue weighted by Crippen LogP contribution is 2.35. The summed E-state index contributed by atoms with van der Waals surface area (Å²) in [4.78, 5) is 2.45. The summed E-state index contributed by atoms with van der Waals surface area (Å²) in [6.07, 6.45) is 5.40. The number of halogens is 1. The molecule has 2 atom stereocenters. The topological polar surface area (TPSA) is 15.3 Å². The Kier molecular flexibility index (Phi) is 5.87. The summed E-state index contributed by atoms with van der Waals surface area (Å²) in [6.45, 7) is 4.47. The number of likely N-dealkylation sites (N-methyl/N-ethyl adjacent to an activating group) is 1. The lowest BCUT2D eigenvalue weighted by Gasteiger charge is -2.45. The molecule has 0 bridgehead atoms. The molecule has 1 fully saturated rings. The van der Waals surface area contributed by atoms with E-state index in [0.29, 0.717) is 5.54 Å². The first kappa shape index (κ1) is 16.2. The Morgan fingerprint density at radius 1 is 1.30 bits per heavy atom. The van der Waals surface area contributed by atoms with Crippen LogP contribution in [0.1, 0.15) is 38.2 Å². The van der Waals surface area contributed by atoms with Gasteiger partial charge in [0.1, 0.15) is 0 Å². The van der Waals surface area contributed by atoms with Crippen LogP contribution in [0.4, 0.5) is 0 Å². The van der Waals surface area contributed by atoms with Crippen molar-refractivity contribution in [1.82, 2.24) is 10.2 Å². The molecule has 1 aliphatic rings. The van der Waals surface area contributed by atoms with Gasteiger partial charge in [-0.2, -0.15) is 0 Å². The molecule has 1 saturated carbocycles. The van der Waals surface area contributed by atoms with E-state index in [1.54, 1.807) is 0 Å². The van der Waals surface area contributed by atoms with Gasteiger partial charge in [-0.3, -0.25) is 0 Å². The third kappa shape index (κ3) is 4.18. The van der Waals surface area contributed by atoms with Crippen LogP contribution in [-0.4, -0.2) is 31.1 Å². The van der Waals surface area contributed by atoms with Crippen molar-refractivity contribution in [2.75, 3.05) is 20.6 Å². The molecule has 0 amide bonds. The minimum Gasteiger partial charge on any atom is -0.311 e. The lowest BCUT2D eigenvalue weighted by molar-refractivity contribution is 0.0749. The van der Waals surface area contributed by atoms with E-state index in [-0.39, 0.29) is 0 Å². The largest absolute Gasteiger partial charge is 0.311 e. The van der Waals surface area contributed by atoms with Crippen molar-refractivity contribution in [2.24, 2.45) is 5.92 Å². The Morgan fingerprint density at radius 2 is 2.00 bits per heavy atom. The van der Waals surface area contributed by atoms with Crippen LogP contribution in [0.3, 0.4) is 0 Å². The number of hydrogen-bond acceptors (Lipinski definition) is 2. The fraction of sp³-hybridized carbons (Fsp3) is 0.647. The van der Waals surface area contributed by atoms with Gasteiger partial charge in [0.15, 0.2) is 0 Å². The first-order valence-electron chi connectivity index (χ1n) is 7.64. The minimum absolute atomic E-state index is 0.348. The summed E-state index contributed by atoms with van der Waals surface area (Å²) >= 11 is 2.36. The third-order valence-corrected chi connectivity index (χ3v) is 5.43. The zero-order valence-electron chi connectivity index (χ0n) is 13.0. The van der Waals surface area contributed by atoms with Gasteiger partial charge in [-0.1, -0.05) is 31.9 Å². The van der Waals surface area contributed by atoms with Crippen LogP contribution < -0.4 is 5.32 Å². The van der Waals surface area contributed by atoms with E-state index in [9.17, 15) is 0 Å². The predicted molar refractivity (Wildman–Crippen MR) is 94.9 cm³/mol. The average Bonchev–Trinajstić information content (AvgIpc) is 2.41. The molecule has 0 saturated heterocycles. The summed E-state index contributed by atoms with van der Waals surface area (Å²) in [5.74, 6) is 0.853. The standard InChI is InChI=1S/C17H27IN2/c1-14-5-4-10-17(11-14,20(2)3)13-19-12-15-6-8-16(18)9-7-15/h6-9,14,19H,4-5,10-13H2,1-3H3. The molecule has 20 heavy (non-hydrogen) atoms. The van der Waals surface area contributed by atoms with Gasteiger partial charge in [0.05, 0.1) is 0 Å². The maximum Gasteiger partial charge on any atom is 0.0330 e. The lowest BCUT2D eigenvalue weighted by atomic mass is 9.75. The highest BCUT2D eigenvalue weighted by atomic mass is 127. The van der Waals surface area contributed by atoms with Gasteiger partial charge in [-0.05, 0) is 73.1 Å². The number of benzene rings is 1. The third-order valence-electron chi connectivity index (χ3n) is 4.71. The van der Waals surface area contributed by atoms with Crippen LogP contribution in [0, 0.1) is 9.49 Å². The molecule has 0 heterocycles. The summed E-state index contributed by atoms with van der Waals surface area (Å²) < 4.78 is 1.30. The minimum atomic E-state index is 0.348. The summed E-state index contributed by atoms with van der Waals surface area (Å²) in [5.41, 5.74) is 1.73. The van der Waals surface area contributed by atoms with Crippen molar-refractivity contribution in [1.29, 1.82) is 0 Å². The van der Waals surface area contributed by atoms with Crippen molar-refractivity contribution in [3.8, 4) is 0 Å². The Hall–Kier alpha value is -0.130. The van der Waals surface area contributed by atoms with Crippen LogP contribution in [0.15, 0.2) is 24.3 Å². The van der Waals surface area contributed by atoms with E-state index in [0.717, 1.165) is 19.0 Å². The van der Waals surface area contributed by atoms with Crippen LogP contribution >= 0.6 is 22.6 Å². The molecule has 1 aromatic rings. The molecule has 0 aromatic heterocycles. The Labute approximate surface area is 137 Å². The molecule has 1 N–H and O–H groups in total. The van der Waals surface area contributed by atoms with Gasteiger partial charge in [-0.15, -0.1) is 0 Å². The molecular weight excluding hydrogens is 359 g/mol. The zero-order valence-corrected chi connectivity index (χ0v) is 15.1. The number of nitrogens with one attached hydrogen (secondary N) is 1. The smallest absolute Gasteiger partial charge is 0.0330 e. The highest BCUT2D eigenvalue weighted by molar-refractivity contribution is 14.1. The maximum absolute atomic E-state index is 3.69. The monoisotopic (exact) mass is 386 g/mol. The van der Waals surface area contributed by atoms with E-state index in [1.165, 1.54) is 34.8 Å². The van der Waals surface area contributed by atoms with Crippen molar-refractivity contribution < 1.29 is 0 Å². The summed E-state index contributed by atoms with van der Waals surface area (Å²) in [6, 6.07) is 8.81. The second-order valence-electron chi connectivity index (χ2n) is 6.55. The highest BCUT2D eigenvalue weighted by Gasteiger charge is 2.36. The summed E-state index contributed by atoms with van der Waals surface area (Å²) in [7, 11) is 4.48. The van der Waals surface area contributed by atoms with Gasteiger partial charge in [-0.25, -0.2) is 0 Å². The van der Waals surface area contributed by atoms with Crippen LogP contribution in [0.5, 0.6) is 0 Å². The first-order chi connectivity index (χ1) is 9.52. The molecule has 0 radical (unpaired) electrons. The summed E-state index contributed by atoms with van der Waals surface area (Å²) in [5, 5.41) is 3.69. The molecule has 0 aliphatic heterocycles. The Bertz CT molecular complexity index is 416. The molecular formula is C17H27IN2. The van der Waals surface area contributed by atoms with E-state index in [1.807, 2.05) is 0 Å². The normalized spacial score (nSPS) is 26.9. The average molecular weight is 386 g/mol. The van der Waals surface area contributed by atoms with E-state index >= 15 is 0 Å². The van der Waals surface area contributed by atoms with Crippen LogP contribution in [-0.2, 0) is 6.54 Å². The molecule has 1 aliphatic carbocycles. The van der Waals surface area contributed by atoms with Crippen molar-refractivity contribution in [3.63, 3.8) is 0 Å². The molecule has 2 nitrogen and oxygen atoms in total. The first-order valence-corrected chi connectivity index (χ1v) is 8.72. The number of rotatable bonds is 5. The van der Waals surface area contributed by atoms with E-state index < -0.39 is 0 Å². The van der Waals surface area contributed by atoms with Crippen molar-refractivity contribution in [2.45, 2.75) is 44.7 Å². The fourth-order valence-corrected chi connectivity index (χ4v) is 3.76. The van der Waals surface area contributed by atoms with Gasteiger partial charge in [0, 0.05) is 22.2 Å². The van der Waals surface area contributed by atoms with Crippen LogP contribution in [0.2, 0.25) is 0 Å². The fourth-order valence-electron chi connectivity index (χ4n) is 3.40. The maximum atomic E-state index is 3.69. The molecule has 0 spiro atoms. The lowest BCUT2D eigenvalue weighted by Crippen LogP contribution is -2.54. The van der Waals surface area contributed by atoms with Crippen molar-refractivity contribution in [3.05, 3.63) is 33.4 Å². The molecule has 1 aromatic carbocycles. The van der Waals surface area contributed by atoms with E-state index in [2.05, 4.69) is 78.1 Å². The van der Waals surface area contributed by atoms with E-state index in [4.69, 9.17) is 0 Å². The SMILES string of the molecule is CC1CCCC(CNCc2ccc(I)cc2)(N(C)C)C1. The van der Waals surface area contributed by atoms with Gasteiger partial charge < -0.3 is 10.2 Å². The second kappa shape index (κ2) is 7.23. The zero-order chi connectivity index (χ0) is 14.6. The van der Waals surface area contributed by atoms with Crippen molar-refractivity contribution >= 4 is 22.6 Å². The molecule has 3 heteroatoms. The predicted octanol–water partition coefficient (Wildman–Crippen LogP) is 3.89. The second-order valence-corrected chi connectivity index (χ2v) is 7.80. The van der Waals surface area contributed by atoms with Gasteiger partial charge in [0.25, 0.3) is 0 Å². The quantitative estimate of drug-likeness (QED) is 0.773. The number of hydrogen-bond donors (Lipinski definition) is 1. The molecule has 2 rings (SSSR count). The molecule has 2 unspecified atom stereocenters.